The van der Waals surface area contributed by atoms with E-state index < -0.39 is 0 Å². The van der Waals surface area contributed by atoms with Crippen LogP contribution in [0.1, 0.15) is 0 Å². The van der Waals surface area contributed by atoms with Crippen LogP contribution in [-0.2, 0) is 7.05 Å². The van der Waals surface area contributed by atoms with Crippen molar-refractivity contribution in [2.45, 2.75) is 0 Å². The van der Waals surface area contributed by atoms with E-state index in [-0.39, 0.29) is 0 Å². The third kappa shape index (κ3) is 2.37. The first kappa shape index (κ1) is 14.5. The van der Waals surface area contributed by atoms with Crippen LogP contribution in [0, 0.1) is 0 Å². The fourth-order valence-electron chi connectivity index (χ4n) is 3.24. The van der Waals surface area contributed by atoms with Crippen LogP contribution in [-0.4, -0.2) is 0 Å². The molecule has 112 valence electrons. The average molecular weight is 339 g/mol. The van der Waals surface area contributed by atoms with Crippen LogP contribution in [0.25, 0.3) is 32.9 Å². The molecule has 4 aromatic rings. The zero-order valence-corrected chi connectivity index (χ0v) is 14.1. The maximum atomic E-state index is 6.24. The van der Waals surface area contributed by atoms with Gasteiger partial charge in [-0.3, -0.25) is 0 Å². The maximum Gasteiger partial charge on any atom is 0.213 e. The number of pyridine rings is 1. The van der Waals surface area contributed by atoms with E-state index in [4.69, 9.17) is 23.2 Å². The fraction of sp³-hybridized carbons (Fsp3) is 0.0500. The Balaban J connectivity index is 2.25. The van der Waals surface area contributed by atoms with Gasteiger partial charge in [0.05, 0.1) is 10.8 Å². The summed E-state index contributed by atoms with van der Waals surface area (Å²) in [5.41, 5.74) is 4.56. The molecule has 0 saturated heterocycles. The molecule has 0 spiro atoms. The number of rotatable bonds is 1. The van der Waals surface area contributed by atoms with Crippen molar-refractivity contribution in [1.82, 2.24) is 0 Å². The van der Waals surface area contributed by atoms with Gasteiger partial charge in [-0.25, -0.2) is 0 Å². The molecule has 0 aliphatic heterocycles. The molecule has 0 saturated carbocycles. The van der Waals surface area contributed by atoms with Crippen LogP contribution in [0.2, 0.25) is 10.0 Å². The van der Waals surface area contributed by atoms with Crippen molar-refractivity contribution >= 4 is 45.0 Å². The van der Waals surface area contributed by atoms with Gasteiger partial charge in [-0.2, -0.15) is 4.57 Å². The lowest BCUT2D eigenvalue weighted by Crippen LogP contribution is -2.30. The molecule has 0 unspecified atom stereocenters. The number of para-hydroxylation sites is 2. The molecule has 0 aliphatic rings. The maximum absolute atomic E-state index is 6.24. The molecule has 1 aromatic heterocycles. The topological polar surface area (TPSA) is 3.88 Å². The van der Waals surface area contributed by atoms with Gasteiger partial charge in [0.25, 0.3) is 0 Å². The summed E-state index contributed by atoms with van der Waals surface area (Å²) in [7, 11) is 2.10. The Bertz CT molecular complexity index is 977. The summed E-state index contributed by atoms with van der Waals surface area (Å²) in [6.45, 7) is 0. The van der Waals surface area contributed by atoms with E-state index in [1.165, 1.54) is 27.4 Å². The van der Waals surface area contributed by atoms with Gasteiger partial charge in [0.2, 0.25) is 11.0 Å². The second kappa shape index (κ2) is 5.52. The predicted octanol–water partition coefficient (Wildman–Crippen LogP) is 5.79. The molecule has 0 atom stereocenters. The number of aromatic nitrogens is 1. The van der Waals surface area contributed by atoms with Crippen molar-refractivity contribution in [3.05, 3.63) is 76.8 Å². The van der Waals surface area contributed by atoms with Gasteiger partial charge in [-0.05, 0) is 35.9 Å². The first-order chi connectivity index (χ1) is 11.1. The molecule has 1 nitrogen and oxygen atoms in total. The average Bonchev–Trinajstić information content (AvgIpc) is 2.54. The standard InChI is InChI=1S/C20H14Cl2N/c1-23-18-8-4-2-6-16(18)20(17-7-3-5-9-19(17)23)13-10-14(21)12-15(22)11-13/h2-12H,1H3/q+1. The van der Waals surface area contributed by atoms with Crippen LogP contribution in [0.4, 0.5) is 0 Å². The first-order valence-electron chi connectivity index (χ1n) is 7.41. The largest absolute Gasteiger partial charge is 0.213 e. The molecular formula is C20H14Cl2N+. The normalized spacial score (nSPS) is 11.3. The minimum absolute atomic E-state index is 0.647. The van der Waals surface area contributed by atoms with Gasteiger partial charge in [-0.15, -0.1) is 0 Å². The number of hydrogen-bond donors (Lipinski definition) is 0. The molecule has 3 heteroatoms. The number of halogens is 2. The Hall–Kier alpha value is -2.09. The third-order valence-electron chi connectivity index (χ3n) is 4.22. The van der Waals surface area contributed by atoms with Gasteiger partial charge in [0, 0.05) is 27.7 Å². The summed E-state index contributed by atoms with van der Waals surface area (Å²) in [5, 5.41) is 3.67. The molecule has 0 fully saturated rings. The van der Waals surface area contributed by atoms with Crippen molar-refractivity contribution in [2.24, 2.45) is 7.05 Å². The van der Waals surface area contributed by atoms with Crippen molar-refractivity contribution in [2.75, 3.05) is 0 Å². The van der Waals surface area contributed by atoms with E-state index in [0.717, 1.165) is 5.56 Å². The highest BCUT2D eigenvalue weighted by Gasteiger charge is 2.18. The second-order valence-electron chi connectivity index (χ2n) is 5.63. The van der Waals surface area contributed by atoms with Gasteiger partial charge in [-0.1, -0.05) is 47.5 Å². The summed E-state index contributed by atoms with van der Waals surface area (Å²) in [5.74, 6) is 0. The Morgan fingerprint density at radius 2 is 1.17 bits per heavy atom. The summed E-state index contributed by atoms with van der Waals surface area (Å²) in [6.07, 6.45) is 0. The van der Waals surface area contributed by atoms with Crippen molar-refractivity contribution in [1.29, 1.82) is 0 Å². The van der Waals surface area contributed by atoms with Gasteiger partial charge >= 0.3 is 0 Å². The predicted molar refractivity (Wildman–Crippen MR) is 98.1 cm³/mol. The van der Waals surface area contributed by atoms with E-state index in [0.29, 0.717) is 10.0 Å². The third-order valence-corrected chi connectivity index (χ3v) is 4.66. The van der Waals surface area contributed by atoms with E-state index in [2.05, 4.69) is 60.1 Å². The lowest BCUT2D eigenvalue weighted by atomic mass is 9.96. The van der Waals surface area contributed by atoms with Crippen LogP contribution >= 0.6 is 23.2 Å². The molecule has 4 rings (SSSR count). The fourth-order valence-corrected chi connectivity index (χ4v) is 3.77. The van der Waals surface area contributed by atoms with Gasteiger partial charge < -0.3 is 0 Å². The Kier molecular flexibility index (Phi) is 3.48. The molecule has 0 bridgehead atoms. The second-order valence-corrected chi connectivity index (χ2v) is 6.50. The molecular weight excluding hydrogens is 325 g/mol. The van der Waals surface area contributed by atoms with Crippen molar-refractivity contribution < 1.29 is 4.57 Å². The minimum atomic E-state index is 0.647. The lowest BCUT2D eigenvalue weighted by Gasteiger charge is -2.11. The summed E-state index contributed by atoms with van der Waals surface area (Å²) >= 11 is 12.5. The summed E-state index contributed by atoms with van der Waals surface area (Å²) in [6, 6.07) is 22.5. The summed E-state index contributed by atoms with van der Waals surface area (Å²) in [4.78, 5) is 0. The van der Waals surface area contributed by atoms with E-state index in [1.54, 1.807) is 6.07 Å². The van der Waals surface area contributed by atoms with Crippen molar-refractivity contribution in [3.8, 4) is 11.1 Å². The van der Waals surface area contributed by atoms with Crippen LogP contribution in [0.15, 0.2) is 66.7 Å². The molecule has 0 radical (unpaired) electrons. The van der Waals surface area contributed by atoms with Gasteiger partial charge in [0.1, 0.15) is 7.05 Å². The van der Waals surface area contributed by atoms with Crippen LogP contribution in [0.5, 0.6) is 0 Å². The van der Waals surface area contributed by atoms with Crippen LogP contribution in [0.3, 0.4) is 0 Å². The van der Waals surface area contributed by atoms with Gasteiger partial charge in [0.15, 0.2) is 0 Å². The zero-order valence-electron chi connectivity index (χ0n) is 12.6. The first-order valence-corrected chi connectivity index (χ1v) is 8.17. The molecule has 23 heavy (non-hydrogen) atoms. The monoisotopic (exact) mass is 338 g/mol. The summed E-state index contributed by atoms with van der Waals surface area (Å²) < 4.78 is 2.22. The number of aryl methyl sites for hydroxylation is 1. The SMILES string of the molecule is C[n+]1c2ccccc2c(-c2cc(Cl)cc(Cl)c2)c2ccccc21. The zero-order chi connectivity index (χ0) is 16.0. The highest BCUT2D eigenvalue weighted by atomic mass is 35.5. The smallest absolute Gasteiger partial charge is 0.194 e. The van der Waals surface area contributed by atoms with E-state index in [1.807, 2.05) is 12.1 Å². The Labute approximate surface area is 144 Å². The number of benzene rings is 3. The Morgan fingerprint density at radius 1 is 0.696 bits per heavy atom. The minimum Gasteiger partial charge on any atom is -0.194 e. The number of fused-ring (bicyclic) bond motifs is 2. The molecule has 1 heterocycles. The highest BCUT2D eigenvalue weighted by molar-refractivity contribution is 6.35. The Morgan fingerprint density at radius 3 is 1.70 bits per heavy atom. The van der Waals surface area contributed by atoms with Crippen molar-refractivity contribution in [3.63, 3.8) is 0 Å². The molecule has 0 N–H and O–H groups in total. The van der Waals surface area contributed by atoms with E-state index >= 15 is 0 Å². The molecule has 3 aromatic carbocycles. The molecule has 0 aliphatic carbocycles. The lowest BCUT2D eigenvalue weighted by molar-refractivity contribution is -0.617. The highest BCUT2D eigenvalue weighted by Crippen LogP contribution is 2.36. The quantitative estimate of drug-likeness (QED) is 0.305. The molecule has 0 amide bonds. The van der Waals surface area contributed by atoms with E-state index in [9.17, 15) is 0 Å². The number of hydrogen-bond acceptors (Lipinski definition) is 0. The van der Waals surface area contributed by atoms with Crippen LogP contribution < -0.4 is 4.57 Å². The number of nitrogens with zero attached hydrogens (tertiary/aromatic N) is 1.